The van der Waals surface area contributed by atoms with E-state index in [4.69, 9.17) is 0 Å². The van der Waals surface area contributed by atoms with Crippen molar-refractivity contribution in [1.29, 1.82) is 0 Å². The number of likely N-dealkylation sites (N-methyl/N-ethyl adjacent to an activating group) is 1. The minimum absolute atomic E-state index is 0.0303. The zero-order valence-corrected chi connectivity index (χ0v) is 11.2. The molecule has 0 aromatic heterocycles. The molecule has 0 saturated carbocycles. The molecule has 0 atom stereocenters. The van der Waals surface area contributed by atoms with Crippen molar-refractivity contribution in [1.82, 2.24) is 0 Å². The average Bonchev–Trinajstić information content (AvgIpc) is 2.38. The highest BCUT2D eigenvalue weighted by Crippen LogP contribution is 2.21. The maximum absolute atomic E-state index is 12.3. The number of ether oxygens (including phenoxy) is 1. The molecule has 0 N–H and O–H groups in total. The van der Waals surface area contributed by atoms with Crippen LogP contribution in [-0.2, 0) is 19.4 Å². The summed E-state index contributed by atoms with van der Waals surface area (Å²) in [4.78, 5) is 12.1. The third-order valence-electron chi connectivity index (χ3n) is 2.43. The maximum atomic E-state index is 12.3. The van der Waals surface area contributed by atoms with Gasteiger partial charge < -0.3 is 9.64 Å². The quantitative estimate of drug-likeness (QED) is 0.766. The average molecular weight is 293 g/mol. The van der Waals surface area contributed by atoms with Crippen molar-refractivity contribution in [2.75, 3.05) is 25.6 Å². The van der Waals surface area contributed by atoms with Crippen LogP contribution < -0.4 is 4.90 Å². The van der Waals surface area contributed by atoms with Crippen LogP contribution in [0.5, 0.6) is 0 Å². The molecule has 0 amide bonds. The Morgan fingerprint density at radius 3 is 2.26 bits per heavy atom. The van der Waals surface area contributed by atoms with E-state index >= 15 is 0 Å². The van der Waals surface area contributed by atoms with E-state index in [-0.39, 0.29) is 6.54 Å². The third-order valence-corrected chi connectivity index (χ3v) is 3.83. The second-order valence-corrected chi connectivity index (χ2v) is 5.65. The summed E-state index contributed by atoms with van der Waals surface area (Å²) in [6.07, 6.45) is 0. The highest BCUT2D eigenvalue weighted by Gasteiger charge is 2.26. The lowest BCUT2D eigenvalue weighted by Crippen LogP contribution is -2.26. The largest absolute Gasteiger partial charge is 0.468 e. The number of sulfone groups is 1. The van der Waals surface area contributed by atoms with Gasteiger partial charge >= 0.3 is 11.7 Å². The topological polar surface area (TPSA) is 63.7 Å². The standard InChI is InChI=1S/C11H13F2NO4S/c1-14(7-10(15)18-2)8-3-5-9(6-4-8)19(16,17)11(12)13/h3-6,11H,7H2,1-2H3. The van der Waals surface area contributed by atoms with Gasteiger partial charge in [0.05, 0.1) is 12.0 Å². The van der Waals surface area contributed by atoms with E-state index in [0.29, 0.717) is 5.69 Å². The van der Waals surface area contributed by atoms with Gasteiger partial charge in [-0.1, -0.05) is 0 Å². The Balaban J connectivity index is 2.91. The van der Waals surface area contributed by atoms with Crippen LogP contribution in [0.15, 0.2) is 29.2 Å². The van der Waals surface area contributed by atoms with Crippen molar-refractivity contribution < 1.29 is 26.7 Å². The lowest BCUT2D eigenvalue weighted by Gasteiger charge is -2.17. The molecule has 0 saturated heterocycles. The first-order valence-corrected chi connectivity index (χ1v) is 6.73. The summed E-state index contributed by atoms with van der Waals surface area (Å²) < 4.78 is 51.5. The molecular weight excluding hydrogens is 280 g/mol. The number of hydrogen-bond acceptors (Lipinski definition) is 5. The zero-order valence-electron chi connectivity index (χ0n) is 10.3. The van der Waals surface area contributed by atoms with Crippen LogP contribution >= 0.6 is 0 Å². The number of hydrogen-bond donors (Lipinski definition) is 0. The highest BCUT2D eigenvalue weighted by atomic mass is 32.2. The van der Waals surface area contributed by atoms with E-state index in [9.17, 15) is 22.0 Å². The van der Waals surface area contributed by atoms with Gasteiger partial charge in [0.1, 0.15) is 6.54 Å². The van der Waals surface area contributed by atoms with Crippen LogP contribution in [0.25, 0.3) is 0 Å². The Bertz CT molecular complexity index is 542. The monoisotopic (exact) mass is 293 g/mol. The minimum atomic E-state index is -4.59. The molecule has 0 aliphatic rings. The van der Waals surface area contributed by atoms with Crippen LogP contribution in [-0.4, -0.2) is 40.8 Å². The molecule has 0 spiro atoms. The van der Waals surface area contributed by atoms with Crippen molar-refractivity contribution in [2.45, 2.75) is 10.7 Å². The molecule has 0 aliphatic carbocycles. The van der Waals surface area contributed by atoms with Crippen molar-refractivity contribution >= 4 is 21.5 Å². The van der Waals surface area contributed by atoms with Gasteiger partial charge in [-0.25, -0.2) is 8.42 Å². The van der Waals surface area contributed by atoms with Crippen molar-refractivity contribution in [3.8, 4) is 0 Å². The fraction of sp³-hybridized carbons (Fsp3) is 0.364. The Morgan fingerprint density at radius 2 is 1.84 bits per heavy atom. The fourth-order valence-electron chi connectivity index (χ4n) is 1.34. The van der Waals surface area contributed by atoms with Crippen LogP contribution in [0.3, 0.4) is 0 Å². The lowest BCUT2D eigenvalue weighted by atomic mass is 10.3. The summed E-state index contributed by atoms with van der Waals surface area (Å²) in [5.41, 5.74) is 0.513. The van der Waals surface area contributed by atoms with Gasteiger partial charge in [-0.2, -0.15) is 8.78 Å². The number of nitrogens with zero attached hydrogens (tertiary/aromatic N) is 1. The summed E-state index contributed by atoms with van der Waals surface area (Å²) in [7, 11) is -1.76. The maximum Gasteiger partial charge on any atom is 0.341 e. The third kappa shape index (κ3) is 3.63. The number of alkyl halides is 2. The number of methoxy groups -OCH3 is 1. The SMILES string of the molecule is COC(=O)CN(C)c1ccc(S(=O)(=O)C(F)F)cc1. The Morgan fingerprint density at radius 1 is 1.32 bits per heavy atom. The summed E-state index contributed by atoms with van der Waals surface area (Å²) in [5, 5.41) is 0. The molecule has 19 heavy (non-hydrogen) atoms. The molecule has 1 rings (SSSR count). The molecular formula is C11H13F2NO4S. The van der Waals surface area contributed by atoms with Gasteiger partial charge in [-0.15, -0.1) is 0 Å². The van der Waals surface area contributed by atoms with Crippen LogP contribution in [0.4, 0.5) is 14.5 Å². The number of esters is 1. The number of carbonyl (C=O) groups excluding carboxylic acids is 1. The highest BCUT2D eigenvalue weighted by molar-refractivity contribution is 7.91. The van der Waals surface area contributed by atoms with E-state index in [1.807, 2.05) is 0 Å². The molecule has 106 valence electrons. The summed E-state index contributed by atoms with van der Waals surface area (Å²) in [6.45, 7) is -0.0303. The smallest absolute Gasteiger partial charge is 0.341 e. The van der Waals surface area contributed by atoms with E-state index in [2.05, 4.69) is 4.74 Å². The van der Waals surface area contributed by atoms with Gasteiger partial charge in [-0.05, 0) is 24.3 Å². The molecule has 5 nitrogen and oxygen atoms in total. The molecule has 0 bridgehead atoms. The summed E-state index contributed by atoms with van der Waals surface area (Å²) in [6, 6.07) is 4.84. The molecule has 0 heterocycles. The second kappa shape index (κ2) is 5.96. The van der Waals surface area contributed by atoms with Crippen LogP contribution in [0.2, 0.25) is 0 Å². The van der Waals surface area contributed by atoms with Gasteiger partial charge in [0, 0.05) is 12.7 Å². The number of halogens is 2. The van der Waals surface area contributed by atoms with E-state index in [0.717, 1.165) is 12.1 Å². The molecule has 0 radical (unpaired) electrons. The number of carbonyl (C=O) groups is 1. The van der Waals surface area contributed by atoms with Crippen LogP contribution in [0.1, 0.15) is 0 Å². The molecule has 1 aromatic rings. The Hall–Kier alpha value is -1.70. The zero-order chi connectivity index (χ0) is 14.6. The molecule has 0 fully saturated rings. The second-order valence-electron chi connectivity index (χ2n) is 3.73. The number of benzene rings is 1. The van der Waals surface area contributed by atoms with Gasteiger partial charge in [0.15, 0.2) is 0 Å². The molecule has 0 aliphatic heterocycles. The number of anilines is 1. The lowest BCUT2D eigenvalue weighted by molar-refractivity contribution is -0.138. The number of rotatable bonds is 5. The molecule has 0 unspecified atom stereocenters. The summed E-state index contributed by atoms with van der Waals surface area (Å²) in [5.74, 6) is -3.92. The first-order chi connectivity index (χ1) is 8.78. The Kier molecular flexibility index (Phi) is 4.82. The Labute approximate surface area is 109 Å². The molecule has 8 heteroatoms. The fourth-order valence-corrected chi connectivity index (χ4v) is 2.06. The van der Waals surface area contributed by atoms with E-state index < -0.39 is 26.5 Å². The predicted octanol–water partition coefficient (Wildman–Crippen LogP) is 1.29. The molecule has 1 aromatic carbocycles. The van der Waals surface area contributed by atoms with Gasteiger partial charge in [0.25, 0.3) is 0 Å². The van der Waals surface area contributed by atoms with Gasteiger partial charge in [-0.3, -0.25) is 4.79 Å². The first kappa shape index (κ1) is 15.4. The van der Waals surface area contributed by atoms with Crippen molar-refractivity contribution in [3.63, 3.8) is 0 Å². The summed E-state index contributed by atoms with van der Waals surface area (Å²) >= 11 is 0. The van der Waals surface area contributed by atoms with Crippen LogP contribution in [0, 0.1) is 0 Å². The van der Waals surface area contributed by atoms with Crippen molar-refractivity contribution in [3.05, 3.63) is 24.3 Å². The minimum Gasteiger partial charge on any atom is -0.468 e. The van der Waals surface area contributed by atoms with E-state index in [1.165, 1.54) is 24.1 Å². The first-order valence-electron chi connectivity index (χ1n) is 5.19. The van der Waals surface area contributed by atoms with Crippen molar-refractivity contribution in [2.24, 2.45) is 0 Å². The van der Waals surface area contributed by atoms with Gasteiger partial charge in [0.2, 0.25) is 9.84 Å². The normalized spacial score (nSPS) is 11.4. The predicted molar refractivity (Wildman–Crippen MR) is 64.9 cm³/mol. The van der Waals surface area contributed by atoms with E-state index in [1.54, 1.807) is 7.05 Å².